The highest BCUT2D eigenvalue weighted by atomic mass is 19.1. The third-order valence-corrected chi connectivity index (χ3v) is 4.57. The lowest BCUT2D eigenvalue weighted by atomic mass is 9.77. The van der Waals surface area contributed by atoms with Crippen LogP contribution in [0.2, 0.25) is 0 Å². The van der Waals surface area contributed by atoms with Crippen molar-refractivity contribution in [2.24, 2.45) is 0 Å². The lowest BCUT2D eigenvalue weighted by Gasteiger charge is -2.44. The molecule has 0 saturated heterocycles. The van der Waals surface area contributed by atoms with Crippen molar-refractivity contribution >= 4 is 0 Å². The molecule has 2 rings (SSSR count). The van der Waals surface area contributed by atoms with Gasteiger partial charge in [-0.3, -0.25) is 0 Å². The first-order valence-corrected chi connectivity index (χ1v) is 8.32. The molecule has 1 fully saturated rings. The molecule has 1 unspecified atom stereocenters. The number of hydrogen-bond acceptors (Lipinski definition) is 2. The quantitative estimate of drug-likeness (QED) is 0.817. The van der Waals surface area contributed by atoms with Crippen molar-refractivity contribution in [3.8, 4) is 0 Å². The van der Waals surface area contributed by atoms with Gasteiger partial charge in [-0.1, -0.05) is 38.3 Å². The minimum Gasteiger partial charge on any atom is -0.374 e. The zero-order valence-electron chi connectivity index (χ0n) is 13.3. The number of halogens is 1. The molecular formula is C18H28FNO. The first-order chi connectivity index (χ1) is 10.2. The van der Waals surface area contributed by atoms with Crippen LogP contribution in [-0.4, -0.2) is 24.8 Å². The Bertz CT molecular complexity index is 406. The number of rotatable bonds is 7. The zero-order valence-corrected chi connectivity index (χ0v) is 13.3. The molecule has 1 aromatic rings. The number of likely N-dealkylation sites (N-methyl/N-ethyl adjacent to an activating group) is 1. The molecule has 0 heterocycles. The molecule has 0 aromatic heterocycles. The maximum Gasteiger partial charge on any atom is 0.123 e. The van der Waals surface area contributed by atoms with Gasteiger partial charge in [0.2, 0.25) is 0 Å². The molecule has 0 amide bonds. The Labute approximate surface area is 128 Å². The predicted molar refractivity (Wildman–Crippen MR) is 85.0 cm³/mol. The van der Waals surface area contributed by atoms with Crippen molar-refractivity contribution in [2.75, 3.05) is 13.2 Å². The van der Waals surface area contributed by atoms with Gasteiger partial charge in [0.05, 0.1) is 5.60 Å². The highest BCUT2D eigenvalue weighted by Gasteiger charge is 2.40. The molecule has 1 aliphatic rings. The molecule has 0 radical (unpaired) electrons. The Balaban J connectivity index is 2.16. The van der Waals surface area contributed by atoms with E-state index in [0.717, 1.165) is 32.4 Å². The minimum atomic E-state index is -0.170. The SMILES string of the molecule is CCNC(Cc1ccc(F)cc1)C1(OCC)CCCCC1. The Morgan fingerprint density at radius 2 is 1.81 bits per heavy atom. The van der Waals surface area contributed by atoms with Gasteiger partial charge in [0.25, 0.3) is 0 Å². The topological polar surface area (TPSA) is 21.3 Å². The van der Waals surface area contributed by atoms with E-state index in [2.05, 4.69) is 19.2 Å². The fourth-order valence-electron chi connectivity index (χ4n) is 3.58. The van der Waals surface area contributed by atoms with Crippen molar-refractivity contribution in [1.29, 1.82) is 0 Å². The third-order valence-electron chi connectivity index (χ3n) is 4.57. The Morgan fingerprint density at radius 1 is 1.14 bits per heavy atom. The fraction of sp³-hybridized carbons (Fsp3) is 0.667. The molecule has 1 aromatic carbocycles. The Kier molecular flexibility index (Phi) is 6.19. The summed E-state index contributed by atoms with van der Waals surface area (Å²) in [4.78, 5) is 0. The summed E-state index contributed by atoms with van der Waals surface area (Å²) < 4.78 is 19.3. The number of benzene rings is 1. The summed E-state index contributed by atoms with van der Waals surface area (Å²) in [6.07, 6.45) is 6.94. The van der Waals surface area contributed by atoms with E-state index in [9.17, 15) is 4.39 Å². The van der Waals surface area contributed by atoms with Gasteiger partial charge in [-0.15, -0.1) is 0 Å². The lowest BCUT2D eigenvalue weighted by Crippen LogP contribution is -2.54. The highest BCUT2D eigenvalue weighted by Crippen LogP contribution is 2.36. The van der Waals surface area contributed by atoms with Gasteiger partial charge in [-0.05, 0) is 50.4 Å². The van der Waals surface area contributed by atoms with Gasteiger partial charge >= 0.3 is 0 Å². The molecule has 1 aliphatic carbocycles. The monoisotopic (exact) mass is 293 g/mol. The Morgan fingerprint density at radius 3 is 2.38 bits per heavy atom. The van der Waals surface area contributed by atoms with Gasteiger partial charge in [0.15, 0.2) is 0 Å². The van der Waals surface area contributed by atoms with Crippen LogP contribution < -0.4 is 5.32 Å². The summed E-state index contributed by atoms with van der Waals surface area (Å²) >= 11 is 0. The van der Waals surface area contributed by atoms with Crippen LogP contribution in [0, 0.1) is 5.82 Å². The average molecular weight is 293 g/mol. The number of hydrogen-bond donors (Lipinski definition) is 1. The maximum absolute atomic E-state index is 13.1. The fourth-order valence-corrected chi connectivity index (χ4v) is 3.58. The standard InChI is InChI=1S/C18H28FNO/c1-3-20-17(14-15-8-10-16(19)11-9-15)18(21-4-2)12-6-5-7-13-18/h8-11,17,20H,3-7,12-14H2,1-2H3. The van der Waals surface area contributed by atoms with Crippen LogP contribution in [-0.2, 0) is 11.2 Å². The second-order valence-corrected chi connectivity index (χ2v) is 6.00. The van der Waals surface area contributed by atoms with Crippen molar-refractivity contribution < 1.29 is 9.13 Å². The van der Waals surface area contributed by atoms with Crippen LogP contribution in [0.5, 0.6) is 0 Å². The van der Waals surface area contributed by atoms with Gasteiger partial charge < -0.3 is 10.1 Å². The van der Waals surface area contributed by atoms with E-state index in [1.165, 1.54) is 24.8 Å². The summed E-state index contributed by atoms with van der Waals surface area (Å²) in [5.74, 6) is -0.170. The van der Waals surface area contributed by atoms with Crippen LogP contribution in [0.15, 0.2) is 24.3 Å². The lowest BCUT2D eigenvalue weighted by molar-refractivity contribution is -0.0894. The van der Waals surface area contributed by atoms with E-state index in [0.29, 0.717) is 6.04 Å². The third kappa shape index (κ3) is 4.27. The summed E-state index contributed by atoms with van der Waals surface area (Å²) in [7, 11) is 0. The highest BCUT2D eigenvalue weighted by molar-refractivity contribution is 5.18. The van der Waals surface area contributed by atoms with E-state index in [4.69, 9.17) is 4.74 Å². The van der Waals surface area contributed by atoms with Gasteiger partial charge in [0.1, 0.15) is 5.82 Å². The van der Waals surface area contributed by atoms with E-state index < -0.39 is 0 Å². The number of ether oxygens (including phenoxy) is 1. The largest absolute Gasteiger partial charge is 0.374 e. The van der Waals surface area contributed by atoms with Gasteiger partial charge in [-0.2, -0.15) is 0 Å². The molecule has 0 aliphatic heterocycles. The number of nitrogens with one attached hydrogen (secondary N) is 1. The molecule has 1 saturated carbocycles. The van der Waals surface area contributed by atoms with E-state index >= 15 is 0 Å². The predicted octanol–water partition coefficient (Wildman–Crippen LogP) is 4.09. The van der Waals surface area contributed by atoms with Crippen LogP contribution in [0.25, 0.3) is 0 Å². The first-order valence-electron chi connectivity index (χ1n) is 8.32. The summed E-state index contributed by atoms with van der Waals surface area (Å²) in [6.45, 7) is 5.91. The van der Waals surface area contributed by atoms with Crippen LogP contribution in [0.4, 0.5) is 4.39 Å². The second kappa shape index (κ2) is 7.90. The molecule has 3 heteroatoms. The Hall–Kier alpha value is -0.930. The molecule has 0 spiro atoms. The van der Waals surface area contributed by atoms with E-state index in [-0.39, 0.29) is 11.4 Å². The molecular weight excluding hydrogens is 265 g/mol. The summed E-state index contributed by atoms with van der Waals surface area (Å²) in [5.41, 5.74) is 1.12. The maximum atomic E-state index is 13.1. The van der Waals surface area contributed by atoms with Gasteiger partial charge in [-0.25, -0.2) is 4.39 Å². The van der Waals surface area contributed by atoms with E-state index in [1.54, 1.807) is 12.1 Å². The van der Waals surface area contributed by atoms with Crippen LogP contribution >= 0.6 is 0 Å². The molecule has 0 bridgehead atoms. The van der Waals surface area contributed by atoms with Crippen molar-refractivity contribution in [3.63, 3.8) is 0 Å². The summed E-state index contributed by atoms with van der Waals surface area (Å²) in [6, 6.07) is 7.18. The normalized spacial score (nSPS) is 19.4. The molecule has 2 nitrogen and oxygen atoms in total. The van der Waals surface area contributed by atoms with Crippen LogP contribution in [0.1, 0.15) is 51.5 Å². The smallest absolute Gasteiger partial charge is 0.123 e. The minimum absolute atomic E-state index is 0.0581. The molecule has 1 N–H and O–H groups in total. The molecule has 1 atom stereocenters. The van der Waals surface area contributed by atoms with Crippen LogP contribution in [0.3, 0.4) is 0 Å². The van der Waals surface area contributed by atoms with Crippen molar-refractivity contribution in [1.82, 2.24) is 5.32 Å². The molecule has 118 valence electrons. The van der Waals surface area contributed by atoms with Crippen molar-refractivity contribution in [3.05, 3.63) is 35.6 Å². The zero-order chi connectivity index (χ0) is 15.1. The average Bonchev–Trinajstić information content (AvgIpc) is 2.50. The van der Waals surface area contributed by atoms with Crippen molar-refractivity contribution in [2.45, 2.75) is 64.0 Å². The summed E-state index contributed by atoms with van der Waals surface area (Å²) in [5, 5.41) is 3.62. The molecule has 21 heavy (non-hydrogen) atoms. The first kappa shape index (κ1) is 16.4. The van der Waals surface area contributed by atoms with Gasteiger partial charge in [0, 0.05) is 12.6 Å². The van der Waals surface area contributed by atoms with E-state index in [1.807, 2.05) is 12.1 Å². The second-order valence-electron chi connectivity index (χ2n) is 6.00.